The van der Waals surface area contributed by atoms with Crippen LogP contribution >= 0.6 is 11.6 Å². The van der Waals surface area contributed by atoms with Crippen molar-refractivity contribution in [3.8, 4) is 0 Å². The Hall–Kier alpha value is -2.54. The highest BCUT2D eigenvalue weighted by Crippen LogP contribution is 2.27. The maximum Gasteiger partial charge on any atom is 0.420 e. The Kier molecular flexibility index (Phi) is 4.55. The van der Waals surface area contributed by atoms with E-state index in [1.54, 1.807) is 33.7 Å². The van der Waals surface area contributed by atoms with E-state index in [9.17, 15) is 9.59 Å². The summed E-state index contributed by atoms with van der Waals surface area (Å²) in [7, 11) is 0. The van der Waals surface area contributed by atoms with Crippen molar-refractivity contribution in [1.29, 1.82) is 0 Å². The number of nitrogens with one attached hydrogen (secondary N) is 1. The molecule has 0 spiro atoms. The van der Waals surface area contributed by atoms with Crippen molar-refractivity contribution >= 4 is 28.6 Å². The highest BCUT2D eigenvalue weighted by molar-refractivity contribution is 6.31. The van der Waals surface area contributed by atoms with Crippen LogP contribution in [0.4, 0.5) is 0 Å². The van der Waals surface area contributed by atoms with Gasteiger partial charge in [-0.3, -0.25) is 14.5 Å². The van der Waals surface area contributed by atoms with E-state index in [1.165, 1.54) is 0 Å². The van der Waals surface area contributed by atoms with Gasteiger partial charge in [-0.25, -0.2) is 4.79 Å². The van der Waals surface area contributed by atoms with Crippen molar-refractivity contribution in [2.24, 2.45) is 0 Å². The smallest absolute Gasteiger partial charge is 0.408 e. The van der Waals surface area contributed by atoms with Crippen molar-refractivity contribution in [2.45, 2.75) is 38.6 Å². The van der Waals surface area contributed by atoms with Crippen molar-refractivity contribution in [2.75, 3.05) is 13.1 Å². The van der Waals surface area contributed by atoms with E-state index in [4.69, 9.17) is 16.0 Å². The molecule has 0 unspecified atom stereocenters. The van der Waals surface area contributed by atoms with Crippen LogP contribution in [0, 0.1) is 0 Å². The van der Waals surface area contributed by atoms with Crippen LogP contribution in [0.5, 0.6) is 0 Å². The van der Waals surface area contributed by atoms with Gasteiger partial charge in [-0.05, 0) is 43.0 Å². The number of amides is 1. The number of rotatable bonds is 3. The van der Waals surface area contributed by atoms with Gasteiger partial charge in [0.25, 0.3) is 5.91 Å². The van der Waals surface area contributed by atoms with Gasteiger partial charge in [0.15, 0.2) is 5.58 Å². The molecule has 142 valence electrons. The summed E-state index contributed by atoms with van der Waals surface area (Å²) >= 11 is 6.09. The third-order valence-electron chi connectivity index (χ3n) is 5.06. The fraction of sp³-hybridized carbons (Fsp3) is 0.421. The molecule has 8 heteroatoms. The van der Waals surface area contributed by atoms with E-state index in [0.717, 1.165) is 18.5 Å². The van der Waals surface area contributed by atoms with Gasteiger partial charge < -0.3 is 9.32 Å². The topological polar surface area (TPSA) is 84.1 Å². The van der Waals surface area contributed by atoms with E-state index in [0.29, 0.717) is 34.9 Å². The van der Waals surface area contributed by atoms with Crippen LogP contribution in [0.25, 0.3) is 11.1 Å². The molecule has 0 saturated carbocycles. The third-order valence-corrected chi connectivity index (χ3v) is 5.30. The number of piperidine rings is 1. The summed E-state index contributed by atoms with van der Waals surface area (Å²) in [5.41, 5.74) is 2.50. The number of H-pyrrole nitrogens is 1. The maximum absolute atomic E-state index is 12.9. The van der Waals surface area contributed by atoms with E-state index < -0.39 is 5.76 Å². The quantitative estimate of drug-likeness (QED) is 0.743. The molecule has 0 radical (unpaired) electrons. The lowest BCUT2D eigenvalue weighted by molar-refractivity contribution is 0.0671. The number of hydrogen-bond donors (Lipinski definition) is 1. The molecule has 27 heavy (non-hydrogen) atoms. The van der Waals surface area contributed by atoms with Crippen molar-refractivity contribution in [1.82, 2.24) is 19.7 Å². The van der Waals surface area contributed by atoms with Crippen LogP contribution in [0.1, 0.15) is 54.8 Å². The highest BCUT2D eigenvalue weighted by atomic mass is 35.5. The molecule has 3 heterocycles. The minimum absolute atomic E-state index is 0.123. The largest absolute Gasteiger partial charge is 0.420 e. The zero-order valence-electron chi connectivity index (χ0n) is 15.2. The summed E-state index contributed by atoms with van der Waals surface area (Å²) in [5.74, 6) is -0.274. The van der Waals surface area contributed by atoms with Gasteiger partial charge in [0.05, 0.1) is 11.6 Å². The molecule has 1 aliphatic rings. The molecule has 1 N–H and O–H groups in total. The van der Waals surface area contributed by atoms with Crippen molar-refractivity contribution < 1.29 is 9.21 Å². The zero-order valence-corrected chi connectivity index (χ0v) is 16.0. The van der Waals surface area contributed by atoms with E-state index in [2.05, 4.69) is 10.2 Å². The number of carbonyl (C=O) groups is 1. The summed E-state index contributed by atoms with van der Waals surface area (Å²) in [4.78, 5) is 27.0. The first kappa shape index (κ1) is 17.9. The Morgan fingerprint density at radius 1 is 1.37 bits per heavy atom. The number of halogens is 1. The van der Waals surface area contributed by atoms with E-state index in [1.807, 2.05) is 13.8 Å². The van der Waals surface area contributed by atoms with Crippen LogP contribution in [0.2, 0.25) is 5.02 Å². The second-order valence-corrected chi connectivity index (χ2v) is 7.70. The standard InChI is InChI=1S/C19H21ClN4O3/c1-11(2)14-9-15(22-21-14)18(25)23-7-3-4-13(10-23)24-16-8-12(20)5-6-17(16)27-19(24)26/h5-6,8-9,11,13H,3-4,7,10H2,1-2H3,(H,21,22)/t13-/m1/s1. The Balaban J connectivity index is 1.61. The van der Waals surface area contributed by atoms with Crippen LogP contribution in [-0.4, -0.2) is 38.7 Å². The highest BCUT2D eigenvalue weighted by Gasteiger charge is 2.29. The van der Waals surface area contributed by atoms with Gasteiger partial charge in [0, 0.05) is 23.8 Å². The van der Waals surface area contributed by atoms with Gasteiger partial charge in [-0.15, -0.1) is 0 Å². The Morgan fingerprint density at radius 3 is 2.93 bits per heavy atom. The predicted molar refractivity (Wildman–Crippen MR) is 102 cm³/mol. The molecule has 1 aliphatic heterocycles. The first-order valence-electron chi connectivity index (χ1n) is 9.09. The number of aromatic amines is 1. The molecule has 0 aliphatic carbocycles. The lowest BCUT2D eigenvalue weighted by Gasteiger charge is -2.32. The lowest BCUT2D eigenvalue weighted by Crippen LogP contribution is -2.42. The molecule has 1 aromatic carbocycles. The number of likely N-dealkylation sites (tertiary alicyclic amines) is 1. The second kappa shape index (κ2) is 6.88. The number of fused-ring (bicyclic) bond motifs is 1. The molecule has 7 nitrogen and oxygen atoms in total. The molecule has 1 fully saturated rings. The fourth-order valence-corrected chi connectivity index (χ4v) is 3.77. The lowest BCUT2D eigenvalue weighted by atomic mass is 10.0. The third kappa shape index (κ3) is 3.27. The first-order chi connectivity index (χ1) is 12.9. The van der Waals surface area contributed by atoms with Gasteiger partial charge in [-0.1, -0.05) is 25.4 Å². The summed E-state index contributed by atoms with van der Waals surface area (Å²) < 4.78 is 6.96. The molecule has 2 aromatic heterocycles. The summed E-state index contributed by atoms with van der Waals surface area (Å²) in [5, 5.41) is 7.62. The van der Waals surface area contributed by atoms with Crippen molar-refractivity contribution in [3.05, 3.63) is 51.2 Å². The van der Waals surface area contributed by atoms with Crippen LogP contribution in [0.3, 0.4) is 0 Å². The normalized spacial score (nSPS) is 17.8. The number of aromatic nitrogens is 3. The molecular weight excluding hydrogens is 368 g/mol. The monoisotopic (exact) mass is 388 g/mol. The average molecular weight is 389 g/mol. The van der Waals surface area contributed by atoms with Gasteiger partial charge in [-0.2, -0.15) is 5.10 Å². The minimum atomic E-state index is -0.423. The summed E-state index contributed by atoms with van der Waals surface area (Å²) in [6.07, 6.45) is 1.60. The number of carbonyl (C=O) groups excluding carboxylic acids is 1. The molecule has 3 aromatic rings. The first-order valence-corrected chi connectivity index (χ1v) is 9.47. The molecule has 1 atom stereocenters. The van der Waals surface area contributed by atoms with Gasteiger partial charge in [0.1, 0.15) is 5.69 Å². The van der Waals surface area contributed by atoms with Crippen LogP contribution in [0.15, 0.2) is 33.5 Å². The molecule has 1 saturated heterocycles. The zero-order chi connectivity index (χ0) is 19.1. The maximum atomic E-state index is 12.9. The van der Waals surface area contributed by atoms with E-state index >= 15 is 0 Å². The number of nitrogens with zero attached hydrogens (tertiary/aromatic N) is 3. The minimum Gasteiger partial charge on any atom is -0.408 e. The number of benzene rings is 1. The summed E-state index contributed by atoms with van der Waals surface area (Å²) in [6, 6.07) is 6.76. The molecule has 4 rings (SSSR count). The SMILES string of the molecule is CC(C)c1cc(C(=O)N2CCC[C@@H](n3c(=O)oc4ccc(Cl)cc43)C2)n[nH]1. The second-order valence-electron chi connectivity index (χ2n) is 7.26. The Bertz CT molecular complexity index is 1050. The van der Waals surface area contributed by atoms with Crippen LogP contribution in [-0.2, 0) is 0 Å². The van der Waals surface area contributed by atoms with E-state index in [-0.39, 0.29) is 17.9 Å². The van der Waals surface area contributed by atoms with Gasteiger partial charge >= 0.3 is 5.76 Å². The molecule has 0 bridgehead atoms. The number of oxazole rings is 1. The summed E-state index contributed by atoms with van der Waals surface area (Å²) in [6.45, 7) is 5.16. The molecular formula is C19H21ClN4O3. The molecule has 1 amide bonds. The number of hydrogen-bond acceptors (Lipinski definition) is 4. The van der Waals surface area contributed by atoms with Crippen molar-refractivity contribution in [3.63, 3.8) is 0 Å². The average Bonchev–Trinajstić information content (AvgIpc) is 3.25. The predicted octanol–water partition coefficient (Wildman–Crippen LogP) is 3.57. The van der Waals surface area contributed by atoms with Crippen LogP contribution < -0.4 is 5.76 Å². The van der Waals surface area contributed by atoms with Gasteiger partial charge in [0.2, 0.25) is 0 Å². The fourth-order valence-electron chi connectivity index (χ4n) is 3.61. The Labute approximate surface area is 160 Å². The Morgan fingerprint density at radius 2 is 2.19 bits per heavy atom.